The van der Waals surface area contributed by atoms with Gasteiger partial charge in [-0.3, -0.25) is 9.01 Å². The minimum atomic E-state index is -3.44. The molecule has 1 saturated carbocycles. The molecule has 1 fully saturated rings. The van der Waals surface area contributed by atoms with E-state index in [4.69, 9.17) is 4.74 Å². The molecule has 1 heterocycles. The van der Waals surface area contributed by atoms with Gasteiger partial charge in [-0.1, -0.05) is 0 Å². The number of ether oxygens (including phenoxy) is 1. The highest BCUT2D eigenvalue weighted by Gasteiger charge is 2.39. The highest BCUT2D eigenvalue weighted by atomic mass is 32.2. The van der Waals surface area contributed by atoms with Gasteiger partial charge in [-0.15, -0.1) is 0 Å². The maximum absolute atomic E-state index is 12.2. The smallest absolute Gasteiger partial charge is 0.326 e. The van der Waals surface area contributed by atoms with Crippen molar-refractivity contribution in [1.29, 1.82) is 0 Å². The van der Waals surface area contributed by atoms with Gasteiger partial charge in [0.2, 0.25) is 24.0 Å². The van der Waals surface area contributed by atoms with E-state index in [1.54, 1.807) is 0 Å². The van der Waals surface area contributed by atoms with Crippen LogP contribution in [0, 0.1) is 0 Å². The van der Waals surface area contributed by atoms with E-state index in [0.29, 0.717) is 12.8 Å². The Hall–Kier alpha value is -1.61. The molecule has 1 aromatic rings. The summed E-state index contributed by atoms with van der Waals surface area (Å²) in [6, 6.07) is 1.48. The average Bonchev–Trinajstić information content (AvgIpc) is 3.32. The van der Waals surface area contributed by atoms with Crippen LogP contribution in [0.2, 0.25) is 0 Å². The molecule has 1 aliphatic rings. The summed E-state index contributed by atoms with van der Waals surface area (Å²) in [6.45, 7) is 0. The van der Waals surface area contributed by atoms with Crippen LogP contribution in [0.25, 0.3) is 0 Å². The standard InChI is InChI=1S/C10H15B2N3O5S/c1-19-8(9(16)20-12)7-4-5-13-10(14-7)15(11)21(17,18)6-2-3-6/h4-6,8H,2-3,11-12H2,1H3. The van der Waals surface area contributed by atoms with Gasteiger partial charge < -0.3 is 9.39 Å². The van der Waals surface area contributed by atoms with Gasteiger partial charge in [0.1, 0.15) is 0 Å². The van der Waals surface area contributed by atoms with Crippen LogP contribution in [-0.2, 0) is 24.2 Å². The molecule has 0 aromatic carbocycles. The summed E-state index contributed by atoms with van der Waals surface area (Å²) in [5, 5.41) is -0.367. The lowest BCUT2D eigenvalue weighted by molar-refractivity contribution is -0.145. The van der Waals surface area contributed by atoms with E-state index in [2.05, 4.69) is 14.6 Å². The number of hydrogen-bond acceptors (Lipinski definition) is 7. The Kier molecular flexibility index (Phi) is 4.52. The number of carbonyl (C=O) groups excluding carboxylic acids is 1. The molecule has 0 amide bonds. The van der Waals surface area contributed by atoms with Crippen LogP contribution in [0.1, 0.15) is 24.6 Å². The van der Waals surface area contributed by atoms with Gasteiger partial charge in [0, 0.05) is 13.3 Å². The molecule has 2 rings (SSSR count). The zero-order valence-corrected chi connectivity index (χ0v) is 12.8. The predicted octanol–water partition coefficient (Wildman–Crippen LogP) is -1.90. The van der Waals surface area contributed by atoms with E-state index in [1.807, 2.05) is 0 Å². The quantitative estimate of drug-likeness (QED) is 0.566. The Labute approximate surface area is 124 Å². The van der Waals surface area contributed by atoms with Crippen LogP contribution in [0.4, 0.5) is 5.95 Å². The molecular formula is C10H15B2N3O5S. The second-order valence-corrected chi connectivity index (χ2v) is 6.88. The van der Waals surface area contributed by atoms with Crippen LogP contribution in [0.5, 0.6) is 0 Å². The molecule has 1 unspecified atom stereocenters. The van der Waals surface area contributed by atoms with E-state index in [1.165, 1.54) is 35.4 Å². The van der Waals surface area contributed by atoms with Crippen LogP contribution in [0.3, 0.4) is 0 Å². The molecule has 0 radical (unpaired) electrons. The zero-order chi connectivity index (χ0) is 15.6. The normalized spacial score (nSPS) is 16.2. The first-order chi connectivity index (χ1) is 9.91. The van der Waals surface area contributed by atoms with E-state index in [0.717, 1.165) is 4.22 Å². The van der Waals surface area contributed by atoms with Gasteiger partial charge in [0.25, 0.3) is 0 Å². The van der Waals surface area contributed by atoms with Gasteiger partial charge in [-0.05, 0) is 18.9 Å². The molecule has 0 spiro atoms. The summed E-state index contributed by atoms with van der Waals surface area (Å²) < 4.78 is 35.0. The Morgan fingerprint density at radius 3 is 2.71 bits per heavy atom. The number of anilines is 1. The Bertz CT molecular complexity index is 637. The van der Waals surface area contributed by atoms with Crippen molar-refractivity contribution in [3.63, 3.8) is 0 Å². The minimum absolute atomic E-state index is 0.00496. The van der Waals surface area contributed by atoms with Crippen molar-refractivity contribution in [2.45, 2.75) is 24.2 Å². The second-order valence-electron chi connectivity index (χ2n) is 4.63. The first-order valence-corrected chi connectivity index (χ1v) is 7.83. The number of rotatable bonds is 6. The first-order valence-electron chi connectivity index (χ1n) is 6.33. The van der Waals surface area contributed by atoms with Gasteiger partial charge in [0.05, 0.1) is 10.9 Å². The Balaban J connectivity index is 2.30. The topological polar surface area (TPSA) is 98.7 Å². The van der Waals surface area contributed by atoms with Crippen LogP contribution in [0.15, 0.2) is 12.3 Å². The van der Waals surface area contributed by atoms with E-state index in [-0.39, 0.29) is 16.9 Å². The summed E-state index contributed by atoms with van der Waals surface area (Å²) in [4.78, 5) is 19.6. The fraction of sp³-hybridized carbons (Fsp3) is 0.500. The fourth-order valence-electron chi connectivity index (χ4n) is 1.81. The van der Waals surface area contributed by atoms with Gasteiger partial charge in [-0.25, -0.2) is 18.4 Å². The Morgan fingerprint density at radius 2 is 2.19 bits per heavy atom. The average molecular weight is 311 g/mol. The monoisotopic (exact) mass is 311 g/mol. The Morgan fingerprint density at radius 1 is 1.52 bits per heavy atom. The molecule has 1 atom stereocenters. The summed E-state index contributed by atoms with van der Waals surface area (Å²) in [5.74, 6) is -0.611. The van der Waals surface area contributed by atoms with E-state index < -0.39 is 22.1 Å². The molecule has 1 aliphatic carbocycles. The minimum Gasteiger partial charge on any atom is -0.541 e. The highest BCUT2D eigenvalue weighted by Crippen LogP contribution is 2.31. The third kappa shape index (κ3) is 3.18. The van der Waals surface area contributed by atoms with E-state index in [9.17, 15) is 13.2 Å². The van der Waals surface area contributed by atoms with Crippen molar-refractivity contribution in [2.24, 2.45) is 0 Å². The molecule has 0 bridgehead atoms. The van der Waals surface area contributed by atoms with Crippen molar-refractivity contribution in [2.75, 3.05) is 11.3 Å². The third-order valence-corrected chi connectivity index (χ3v) is 5.43. The van der Waals surface area contributed by atoms with E-state index >= 15 is 0 Å². The number of aromatic nitrogens is 2. The molecule has 1 aromatic heterocycles. The SMILES string of the molecule is BOC(=O)C(OC)c1ccnc(N(B)S(=O)(=O)C2CC2)n1. The maximum Gasteiger partial charge on any atom is 0.326 e. The van der Waals surface area contributed by atoms with Crippen molar-refractivity contribution in [3.8, 4) is 0 Å². The van der Waals surface area contributed by atoms with Crippen LogP contribution < -0.4 is 4.22 Å². The highest BCUT2D eigenvalue weighted by molar-refractivity contribution is 7.94. The van der Waals surface area contributed by atoms with Gasteiger partial charge >= 0.3 is 14.0 Å². The lowest BCUT2D eigenvalue weighted by Crippen LogP contribution is -2.33. The van der Waals surface area contributed by atoms with Crippen molar-refractivity contribution in [1.82, 2.24) is 9.97 Å². The summed E-state index contributed by atoms with van der Waals surface area (Å²) >= 11 is 0. The summed E-state index contributed by atoms with van der Waals surface area (Å²) in [6.07, 6.45) is 1.66. The largest absolute Gasteiger partial charge is 0.541 e. The van der Waals surface area contributed by atoms with Crippen LogP contribution in [-0.4, -0.2) is 52.7 Å². The summed E-state index contributed by atoms with van der Waals surface area (Å²) in [5.41, 5.74) is 0.243. The second kappa shape index (κ2) is 6.02. The fourth-order valence-corrected chi connectivity index (χ4v) is 3.30. The molecule has 8 nitrogen and oxygen atoms in total. The molecule has 11 heteroatoms. The van der Waals surface area contributed by atoms with Crippen molar-refractivity contribution in [3.05, 3.63) is 18.0 Å². The molecule has 112 valence electrons. The molecule has 0 aliphatic heterocycles. The number of methoxy groups -OCH3 is 1. The maximum atomic E-state index is 12.2. The molecule has 0 saturated heterocycles. The predicted molar refractivity (Wildman–Crippen MR) is 79.4 cm³/mol. The number of hydrogen-bond donors (Lipinski definition) is 0. The van der Waals surface area contributed by atoms with Gasteiger partial charge in [-0.2, -0.15) is 0 Å². The third-order valence-electron chi connectivity index (χ3n) is 3.19. The van der Waals surface area contributed by atoms with Crippen molar-refractivity contribution >= 4 is 38.0 Å². The lowest BCUT2D eigenvalue weighted by Gasteiger charge is -2.19. The number of carbonyl (C=O) groups is 1. The zero-order valence-electron chi connectivity index (χ0n) is 12.0. The molecule has 0 N–H and O–H groups in total. The summed E-state index contributed by atoms with van der Waals surface area (Å²) in [7, 11) is 0.531. The van der Waals surface area contributed by atoms with Gasteiger partial charge in [0.15, 0.2) is 6.10 Å². The van der Waals surface area contributed by atoms with Crippen LogP contribution >= 0.6 is 0 Å². The number of nitrogens with zero attached hydrogens (tertiary/aromatic N) is 3. The molecule has 21 heavy (non-hydrogen) atoms. The first kappa shape index (κ1) is 15.8. The molecular weight excluding hydrogens is 296 g/mol. The number of sulfonamides is 1. The van der Waals surface area contributed by atoms with Crippen molar-refractivity contribution < 1.29 is 22.6 Å². The lowest BCUT2D eigenvalue weighted by atomic mass is 10.2.